The van der Waals surface area contributed by atoms with Crippen molar-refractivity contribution in [1.82, 2.24) is 10.4 Å². The molecule has 1 heterocycles. The van der Waals surface area contributed by atoms with Gasteiger partial charge in [-0.05, 0) is 43.3 Å². The zero-order chi connectivity index (χ0) is 18.0. The average Bonchev–Trinajstić information content (AvgIpc) is 2.79. The molecule has 0 bridgehead atoms. The third-order valence-electron chi connectivity index (χ3n) is 4.14. The first-order chi connectivity index (χ1) is 12.0. The van der Waals surface area contributed by atoms with Gasteiger partial charge in [-0.15, -0.1) is 0 Å². The molecular formula is C18H17FN2O4. The van der Waals surface area contributed by atoms with Crippen molar-refractivity contribution in [3.05, 3.63) is 65.0 Å². The topological polar surface area (TPSA) is 78.9 Å². The van der Waals surface area contributed by atoms with Crippen LogP contribution in [0.2, 0.25) is 0 Å². The standard InChI is InChI=1S/C18H17FN2O4/c1-11-10-25-16-8-13(17(22)20-24)2-3-14(16)9-21(11)18(23)12-4-6-15(19)7-5-12/h2-8,11,24H,9-10H2,1H3,(H,20,22)/t11-/m0/s1. The number of fused-ring (bicyclic) bond motifs is 1. The summed E-state index contributed by atoms with van der Waals surface area (Å²) in [5, 5.41) is 8.73. The van der Waals surface area contributed by atoms with Crippen LogP contribution in [0.25, 0.3) is 0 Å². The molecule has 0 fully saturated rings. The maximum Gasteiger partial charge on any atom is 0.274 e. The molecule has 2 amide bonds. The molecule has 7 heteroatoms. The first-order valence-electron chi connectivity index (χ1n) is 7.76. The molecule has 0 saturated heterocycles. The minimum atomic E-state index is -0.636. The van der Waals surface area contributed by atoms with E-state index >= 15 is 0 Å². The fourth-order valence-corrected chi connectivity index (χ4v) is 2.70. The van der Waals surface area contributed by atoms with Crippen molar-refractivity contribution in [3.8, 4) is 5.75 Å². The Labute approximate surface area is 143 Å². The number of rotatable bonds is 2. The quantitative estimate of drug-likeness (QED) is 0.648. The summed E-state index contributed by atoms with van der Waals surface area (Å²) in [5.41, 5.74) is 2.97. The van der Waals surface area contributed by atoms with E-state index in [9.17, 15) is 14.0 Å². The van der Waals surface area contributed by atoms with Gasteiger partial charge in [0.05, 0.1) is 12.6 Å². The molecule has 6 nitrogen and oxygen atoms in total. The first-order valence-corrected chi connectivity index (χ1v) is 7.76. The monoisotopic (exact) mass is 344 g/mol. The molecule has 2 N–H and O–H groups in total. The summed E-state index contributed by atoms with van der Waals surface area (Å²) in [6, 6.07) is 9.95. The van der Waals surface area contributed by atoms with E-state index in [0.717, 1.165) is 5.56 Å². The summed E-state index contributed by atoms with van der Waals surface area (Å²) in [6.07, 6.45) is 0. The zero-order valence-corrected chi connectivity index (χ0v) is 13.5. The fourth-order valence-electron chi connectivity index (χ4n) is 2.70. The number of amides is 2. The molecule has 2 aromatic rings. The third kappa shape index (κ3) is 3.46. The van der Waals surface area contributed by atoms with Gasteiger partial charge in [-0.25, -0.2) is 9.87 Å². The summed E-state index contributed by atoms with van der Waals surface area (Å²) in [4.78, 5) is 25.9. The highest BCUT2D eigenvalue weighted by Crippen LogP contribution is 2.27. The van der Waals surface area contributed by atoms with Gasteiger partial charge in [0.15, 0.2) is 0 Å². The van der Waals surface area contributed by atoms with Crippen LogP contribution in [-0.4, -0.2) is 34.6 Å². The molecule has 1 aliphatic heterocycles. The first kappa shape index (κ1) is 16.9. The van der Waals surface area contributed by atoms with E-state index in [1.807, 2.05) is 6.92 Å². The van der Waals surface area contributed by atoms with Gasteiger partial charge in [-0.3, -0.25) is 14.8 Å². The number of carbonyl (C=O) groups excluding carboxylic acids is 2. The Kier molecular flexibility index (Phi) is 4.67. The largest absolute Gasteiger partial charge is 0.491 e. The SMILES string of the molecule is C[C@H]1COc2cc(C(=O)NO)ccc2CN1C(=O)c1ccc(F)cc1. The van der Waals surface area contributed by atoms with Crippen LogP contribution in [-0.2, 0) is 6.54 Å². The molecule has 0 aliphatic carbocycles. The van der Waals surface area contributed by atoms with Crippen LogP contribution in [0.3, 0.4) is 0 Å². The molecule has 3 rings (SSSR count). The Morgan fingerprint density at radius 1 is 1.20 bits per heavy atom. The summed E-state index contributed by atoms with van der Waals surface area (Å²) in [7, 11) is 0. The van der Waals surface area contributed by atoms with Crippen molar-refractivity contribution >= 4 is 11.8 Å². The zero-order valence-electron chi connectivity index (χ0n) is 13.5. The van der Waals surface area contributed by atoms with E-state index in [-0.39, 0.29) is 24.1 Å². The van der Waals surface area contributed by atoms with Crippen LogP contribution in [0.5, 0.6) is 5.75 Å². The van der Waals surface area contributed by atoms with Crippen molar-refractivity contribution < 1.29 is 23.9 Å². The van der Waals surface area contributed by atoms with E-state index in [1.165, 1.54) is 30.3 Å². The minimum Gasteiger partial charge on any atom is -0.491 e. The lowest BCUT2D eigenvalue weighted by atomic mass is 10.1. The van der Waals surface area contributed by atoms with Gasteiger partial charge in [0, 0.05) is 16.7 Å². The number of ether oxygens (including phenoxy) is 1. The van der Waals surface area contributed by atoms with E-state index in [0.29, 0.717) is 17.9 Å². The fraction of sp³-hybridized carbons (Fsp3) is 0.222. The predicted octanol–water partition coefficient (Wildman–Crippen LogP) is 2.37. The molecule has 0 radical (unpaired) electrons. The molecule has 2 aromatic carbocycles. The number of hydroxylamine groups is 1. The molecule has 1 aliphatic rings. The van der Waals surface area contributed by atoms with Crippen molar-refractivity contribution in [1.29, 1.82) is 0 Å². The summed E-state index contributed by atoms with van der Waals surface area (Å²) in [6.45, 7) is 2.41. The average molecular weight is 344 g/mol. The summed E-state index contributed by atoms with van der Waals surface area (Å²) < 4.78 is 18.8. The van der Waals surface area contributed by atoms with Gasteiger partial charge < -0.3 is 9.64 Å². The van der Waals surface area contributed by atoms with Gasteiger partial charge in [-0.2, -0.15) is 0 Å². The van der Waals surface area contributed by atoms with Crippen LogP contribution in [0, 0.1) is 5.82 Å². The van der Waals surface area contributed by atoms with E-state index < -0.39 is 11.7 Å². The minimum absolute atomic E-state index is 0.208. The van der Waals surface area contributed by atoms with Crippen molar-refractivity contribution in [2.24, 2.45) is 0 Å². The smallest absolute Gasteiger partial charge is 0.274 e. The molecule has 1 atom stereocenters. The normalized spacial score (nSPS) is 16.4. The number of benzene rings is 2. The van der Waals surface area contributed by atoms with E-state index in [2.05, 4.69) is 0 Å². The highest BCUT2D eigenvalue weighted by Gasteiger charge is 2.27. The van der Waals surface area contributed by atoms with Crippen LogP contribution >= 0.6 is 0 Å². The summed E-state index contributed by atoms with van der Waals surface area (Å²) >= 11 is 0. The molecule has 130 valence electrons. The van der Waals surface area contributed by atoms with Crippen LogP contribution in [0.4, 0.5) is 4.39 Å². The molecule has 0 saturated carbocycles. The summed E-state index contributed by atoms with van der Waals surface area (Å²) in [5.74, 6) is -0.768. The highest BCUT2D eigenvalue weighted by molar-refractivity contribution is 5.95. The predicted molar refractivity (Wildman–Crippen MR) is 86.9 cm³/mol. The third-order valence-corrected chi connectivity index (χ3v) is 4.14. The van der Waals surface area contributed by atoms with Crippen molar-refractivity contribution in [2.75, 3.05) is 6.61 Å². The second kappa shape index (κ2) is 6.90. The second-order valence-corrected chi connectivity index (χ2v) is 5.86. The maximum atomic E-state index is 13.1. The molecule has 0 aromatic heterocycles. The van der Waals surface area contributed by atoms with Crippen LogP contribution < -0.4 is 10.2 Å². The Balaban J connectivity index is 1.88. The number of hydrogen-bond acceptors (Lipinski definition) is 4. The van der Waals surface area contributed by atoms with E-state index in [4.69, 9.17) is 9.94 Å². The molecule has 25 heavy (non-hydrogen) atoms. The Morgan fingerprint density at radius 3 is 2.56 bits per heavy atom. The van der Waals surface area contributed by atoms with Crippen molar-refractivity contribution in [3.63, 3.8) is 0 Å². The Bertz CT molecular complexity index is 807. The lowest BCUT2D eigenvalue weighted by molar-refractivity contribution is 0.0645. The lowest BCUT2D eigenvalue weighted by Crippen LogP contribution is -2.39. The number of nitrogens with one attached hydrogen (secondary N) is 1. The number of halogens is 1. The van der Waals surface area contributed by atoms with Gasteiger partial charge in [-0.1, -0.05) is 6.07 Å². The maximum absolute atomic E-state index is 13.1. The van der Waals surface area contributed by atoms with Gasteiger partial charge >= 0.3 is 0 Å². The Morgan fingerprint density at radius 2 is 1.88 bits per heavy atom. The second-order valence-electron chi connectivity index (χ2n) is 5.86. The van der Waals surface area contributed by atoms with Crippen LogP contribution in [0.15, 0.2) is 42.5 Å². The van der Waals surface area contributed by atoms with Gasteiger partial charge in [0.2, 0.25) is 0 Å². The number of nitrogens with zero attached hydrogens (tertiary/aromatic N) is 1. The number of hydrogen-bond donors (Lipinski definition) is 2. The van der Waals surface area contributed by atoms with Crippen molar-refractivity contribution in [2.45, 2.75) is 19.5 Å². The van der Waals surface area contributed by atoms with E-state index in [1.54, 1.807) is 22.5 Å². The highest BCUT2D eigenvalue weighted by atomic mass is 19.1. The number of carbonyl (C=O) groups is 2. The molecule has 0 unspecified atom stereocenters. The van der Waals surface area contributed by atoms with Gasteiger partial charge in [0.1, 0.15) is 18.2 Å². The van der Waals surface area contributed by atoms with Gasteiger partial charge in [0.25, 0.3) is 11.8 Å². The lowest BCUT2D eigenvalue weighted by Gasteiger charge is -2.26. The van der Waals surface area contributed by atoms with Crippen LogP contribution in [0.1, 0.15) is 33.2 Å². The molecule has 0 spiro atoms. The Hall–Kier alpha value is -2.93. The molecular weight excluding hydrogens is 327 g/mol.